The molecule has 1 amide bonds. The first-order valence-corrected chi connectivity index (χ1v) is 9.14. The Balaban J connectivity index is 1.69. The van der Waals surface area contributed by atoms with Crippen molar-refractivity contribution in [1.29, 1.82) is 0 Å². The van der Waals surface area contributed by atoms with Crippen molar-refractivity contribution in [3.05, 3.63) is 64.5 Å². The number of halogens is 4. The normalized spacial score (nSPS) is 11.1. The molecule has 0 radical (unpaired) electrons. The Morgan fingerprint density at radius 3 is 2.76 bits per heavy atom. The summed E-state index contributed by atoms with van der Waals surface area (Å²) in [6.07, 6.45) is -1.47. The van der Waals surface area contributed by atoms with Crippen LogP contribution in [0.2, 0.25) is 5.02 Å². The van der Waals surface area contributed by atoms with Crippen molar-refractivity contribution >= 4 is 17.5 Å². The molecule has 0 atom stereocenters. The van der Waals surface area contributed by atoms with E-state index in [1.165, 1.54) is 24.4 Å². The molecule has 0 aliphatic rings. The molecule has 2 heterocycles. The summed E-state index contributed by atoms with van der Waals surface area (Å²) in [7, 11) is 0. The zero-order valence-electron chi connectivity index (χ0n) is 15.4. The molecule has 0 fully saturated rings. The van der Waals surface area contributed by atoms with E-state index in [0.717, 1.165) is 0 Å². The van der Waals surface area contributed by atoms with Crippen LogP contribution in [0, 0.1) is 5.82 Å². The number of rotatable bonds is 7. The molecular formula is C19H17ClF3N5O. The summed E-state index contributed by atoms with van der Waals surface area (Å²) in [6.45, 7) is 2.38. The number of amides is 1. The molecule has 152 valence electrons. The fraction of sp³-hybridized carbons (Fsp3) is 0.263. The molecule has 1 aromatic carbocycles. The van der Waals surface area contributed by atoms with Crippen LogP contribution >= 0.6 is 11.6 Å². The predicted molar refractivity (Wildman–Crippen MR) is 101 cm³/mol. The number of benzene rings is 1. The third kappa shape index (κ3) is 5.11. The van der Waals surface area contributed by atoms with E-state index in [1.807, 2.05) is 6.92 Å². The van der Waals surface area contributed by atoms with Gasteiger partial charge in [-0.3, -0.25) is 9.78 Å². The second-order valence-electron chi connectivity index (χ2n) is 6.14. The lowest BCUT2D eigenvalue weighted by atomic mass is 10.2. The second-order valence-corrected chi connectivity index (χ2v) is 6.55. The monoisotopic (exact) mass is 423 g/mol. The number of hydrogen-bond acceptors (Lipinski definition) is 4. The number of carbonyl (C=O) groups is 1. The standard InChI is InChI=1S/C19H17ClF3N5O/c1-2-28-16(26-19(27-28)12-3-4-13(20)14(21)8-12)9-17(29)25-10-11-5-6-24-15(7-11)18(22)23/h3-8,18H,2,9-10H2,1H3,(H,25,29). The van der Waals surface area contributed by atoms with Crippen LogP contribution in [0.4, 0.5) is 13.2 Å². The summed E-state index contributed by atoms with van der Waals surface area (Å²) in [5.41, 5.74) is 0.609. The lowest BCUT2D eigenvalue weighted by Crippen LogP contribution is -2.26. The van der Waals surface area contributed by atoms with Crippen LogP contribution in [0.15, 0.2) is 36.5 Å². The van der Waals surface area contributed by atoms with Gasteiger partial charge in [0.15, 0.2) is 5.82 Å². The molecule has 0 unspecified atom stereocenters. The van der Waals surface area contributed by atoms with Crippen molar-refractivity contribution in [2.24, 2.45) is 0 Å². The highest BCUT2D eigenvalue weighted by Gasteiger charge is 2.16. The van der Waals surface area contributed by atoms with Crippen LogP contribution in [-0.2, 0) is 24.3 Å². The molecule has 10 heteroatoms. The fourth-order valence-corrected chi connectivity index (χ4v) is 2.76. The van der Waals surface area contributed by atoms with Gasteiger partial charge in [-0.15, -0.1) is 0 Å². The van der Waals surface area contributed by atoms with Gasteiger partial charge < -0.3 is 5.32 Å². The summed E-state index contributed by atoms with van der Waals surface area (Å²) < 4.78 is 40.7. The summed E-state index contributed by atoms with van der Waals surface area (Å²) in [6, 6.07) is 7.02. The van der Waals surface area contributed by atoms with Crippen molar-refractivity contribution in [2.45, 2.75) is 32.9 Å². The molecule has 6 nitrogen and oxygen atoms in total. The maximum absolute atomic E-state index is 13.7. The molecule has 0 saturated carbocycles. The van der Waals surface area contributed by atoms with Crippen molar-refractivity contribution in [3.8, 4) is 11.4 Å². The van der Waals surface area contributed by atoms with Gasteiger partial charge >= 0.3 is 0 Å². The summed E-state index contributed by atoms with van der Waals surface area (Å²) in [5.74, 6) is -0.257. The Hall–Kier alpha value is -2.94. The second kappa shape index (κ2) is 9.04. The third-order valence-electron chi connectivity index (χ3n) is 4.10. The lowest BCUT2D eigenvalue weighted by molar-refractivity contribution is -0.120. The summed E-state index contributed by atoms with van der Waals surface area (Å²) >= 11 is 5.69. The number of aryl methyl sites for hydroxylation is 1. The van der Waals surface area contributed by atoms with Gasteiger partial charge in [0.1, 0.15) is 17.3 Å². The van der Waals surface area contributed by atoms with Gasteiger partial charge in [0.2, 0.25) is 5.91 Å². The highest BCUT2D eigenvalue weighted by atomic mass is 35.5. The van der Waals surface area contributed by atoms with Gasteiger partial charge in [0, 0.05) is 24.8 Å². The van der Waals surface area contributed by atoms with Gasteiger partial charge in [0.25, 0.3) is 6.43 Å². The van der Waals surface area contributed by atoms with Gasteiger partial charge in [-0.1, -0.05) is 11.6 Å². The summed E-state index contributed by atoms with van der Waals surface area (Å²) in [5, 5.41) is 6.95. The van der Waals surface area contributed by atoms with Gasteiger partial charge in [0.05, 0.1) is 11.4 Å². The van der Waals surface area contributed by atoms with Crippen LogP contribution in [0.5, 0.6) is 0 Å². The van der Waals surface area contributed by atoms with Crippen molar-refractivity contribution < 1.29 is 18.0 Å². The van der Waals surface area contributed by atoms with E-state index in [1.54, 1.807) is 16.8 Å². The van der Waals surface area contributed by atoms with Gasteiger partial charge in [-0.05, 0) is 42.8 Å². The van der Waals surface area contributed by atoms with Crippen LogP contribution in [0.3, 0.4) is 0 Å². The minimum atomic E-state index is -2.68. The molecule has 0 aliphatic carbocycles. The van der Waals surface area contributed by atoms with Crippen LogP contribution < -0.4 is 5.32 Å². The number of nitrogens with zero attached hydrogens (tertiary/aromatic N) is 4. The van der Waals surface area contributed by atoms with Crippen molar-refractivity contribution in [1.82, 2.24) is 25.1 Å². The molecule has 0 saturated heterocycles. The lowest BCUT2D eigenvalue weighted by Gasteiger charge is -2.07. The Kier molecular flexibility index (Phi) is 6.48. The number of nitrogens with one attached hydrogen (secondary N) is 1. The first kappa shape index (κ1) is 20.8. The average molecular weight is 424 g/mol. The van der Waals surface area contributed by atoms with Gasteiger partial charge in [-0.25, -0.2) is 22.8 Å². The highest BCUT2D eigenvalue weighted by molar-refractivity contribution is 6.30. The molecule has 1 N–H and O–H groups in total. The smallest absolute Gasteiger partial charge is 0.280 e. The minimum absolute atomic E-state index is 0.00520. The molecule has 0 bridgehead atoms. The topological polar surface area (TPSA) is 72.7 Å². The number of pyridine rings is 1. The molecule has 3 rings (SSSR count). The van der Waals surface area contributed by atoms with E-state index >= 15 is 0 Å². The molecule has 3 aromatic rings. The molecule has 2 aromatic heterocycles. The number of carbonyl (C=O) groups excluding carboxylic acids is 1. The molecule has 0 aliphatic heterocycles. The first-order valence-electron chi connectivity index (χ1n) is 8.76. The number of aromatic nitrogens is 4. The summed E-state index contributed by atoms with van der Waals surface area (Å²) in [4.78, 5) is 20.2. The SMILES string of the molecule is CCn1nc(-c2ccc(Cl)c(F)c2)nc1CC(=O)NCc1ccnc(C(F)F)c1. The van der Waals surface area contributed by atoms with E-state index in [4.69, 9.17) is 11.6 Å². The van der Waals surface area contributed by atoms with E-state index in [9.17, 15) is 18.0 Å². The predicted octanol–water partition coefficient (Wildman–Crippen LogP) is 3.95. The van der Waals surface area contributed by atoms with Crippen LogP contribution in [0.25, 0.3) is 11.4 Å². The average Bonchev–Trinajstić information content (AvgIpc) is 3.11. The largest absolute Gasteiger partial charge is 0.352 e. The highest BCUT2D eigenvalue weighted by Crippen LogP contribution is 2.22. The van der Waals surface area contributed by atoms with Crippen molar-refractivity contribution in [3.63, 3.8) is 0 Å². The minimum Gasteiger partial charge on any atom is -0.352 e. The third-order valence-corrected chi connectivity index (χ3v) is 4.41. The number of hydrogen-bond donors (Lipinski definition) is 1. The van der Waals surface area contributed by atoms with Crippen molar-refractivity contribution in [2.75, 3.05) is 0 Å². The maximum Gasteiger partial charge on any atom is 0.280 e. The Bertz CT molecular complexity index is 1020. The van der Waals surface area contributed by atoms with E-state index in [0.29, 0.717) is 23.5 Å². The Morgan fingerprint density at radius 1 is 1.28 bits per heavy atom. The maximum atomic E-state index is 13.7. The molecular weight excluding hydrogens is 407 g/mol. The van der Waals surface area contributed by atoms with E-state index in [2.05, 4.69) is 20.4 Å². The first-order chi connectivity index (χ1) is 13.9. The Morgan fingerprint density at radius 2 is 2.07 bits per heavy atom. The zero-order valence-corrected chi connectivity index (χ0v) is 16.1. The molecule has 29 heavy (non-hydrogen) atoms. The Labute approximate surface area is 169 Å². The zero-order chi connectivity index (χ0) is 21.0. The number of alkyl halides is 2. The molecule has 0 spiro atoms. The van der Waals surface area contributed by atoms with E-state index in [-0.39, 0.29) is 35.4 Å². The fourth-order valence-electron chi connectivity index (χ4n) is 2.65. The quantitative estimate of drug-likeness (QED) is 0.624. The van der Waals surface area contributed by atoms with Gasteiger partial charge in [-0.2, -0.15) is 5.10 Å². The van der Waals surface area contributed by atoms with E-state index < -0.39 is 12.2 Å². The van der Waals surface area contributed by atoms with Crippen LogP contribution in [-0.4, -0.2) is 25.7 Å². The van der Waals surface area contributed by atoms with Crippen LogP contribution in [0.1, 0.15) is 30.4 Å².